The van der Waals surface area contributed by atoms with Crippen LogP contribution in [-0.4, -0.2) is 32.0 Å². The molecule has 3 rings (SSSR count). The van der Waals surface area contributed by atoms with Crippen LogP contribution in [0, 0.1) is 18.8 Å². The van der Waals surface area contributed by atoms with Gasteiger partial charge < -0.3 is 9.88 Å². The van der Waals surface area contributed by atoms with Crippen molar-refractivity contribution >= 4 is 17.7 Å². The Morgan fingerprint density at radius 1 is 1.26 bits per heavy atom. The molecule has 1 N–H and O–H groups in total. The van der Waals surface area contributed by atoms with E-state index in [0.29, 0.717) is 11.8 Å². The van der Waals surface area contributed by atoms with Gasteiger partial charge in [0.15, 0.2) is 11.0 Å². The van der Waals surface area contributed by atoms with Crippen LogP contribution in [0.4, 0.5) is 0 Å². The van der Waals surface area contributed by atoms with Crippen LogP contribution in [0.25, 0.3) is 11.4 Å². The Kier molecular flexibility index (Phi) is 6.25. The van der Waals surface area contributed by atoms with E-state index in [1.165, 1.54) is 24.6 Å². The number of carbonyl (C=O) groups excluding carboxylic acids is 1. The van der Waals surface area contributed by atoms with E-state index < -0.39 is 0 Å². The lowest BCUT2D eigenvalue weighted by atomic mass is 9.78. The van der Waals surface area contributed by atoms with E-state index in [9.17, 15) is 4.79 Å². The number of aromatic nitrogens is 3. The number of amides is 1. The Labute approximate surface area is 166 Å². The van der Waals surface area contributed by atoms with E-state index in [-0.39, 0.29) is 17.2 Å². The maximum absolute atomic E-state index is 12.7. The predicted molar refractivity (Wildman–Crippen MR) is 111 cm³/mol. The summed E-state index contributed by atoms with van der Waals surface area (Å²) in [5.74, 6) is 2.12. The smallest absolute Gasteiger partial charge is 0.233 e. The fraction of sp³-hybridized carbons (Fsp3) is 0.571. The van der Waals surface area contributed by atoms with Gasteiger partial charge in [-0.05, 0) is 37.7 Å². The highest BCUT2D eigenvalue weighted by Crippen LogP contribution is 2.31. The highest BCUT2D eigenvalue weighted by molar-refractivity contribution is 8.00. The lowest BCUT2D eigenvalue weighted by Crippen LogP contribution is -2.46. The summed E-state index contributed by atoms with van der Waals surface area (Å²) in [5.41, 5.74) is 2.23. The predicted octanol–water partition coefficient (Wildman–Crippen LogP) is 4.21. The molecule has 2 aromatic rings. The average molecular weight is 387 g/mol. The van der Waals surface area contributed by atoms with Gasteiger partial charge in [0, 0.05) is 18.7 Å². The van der Waals surface area contributed by atoms with Crippen molar-refractivity contribution in [3.05, 3.63) is 29.8 Å². The molecule has 1 amide bonds. The number of benzene rings is 1. The monoisotopic (exact) mass is 386 g/mol. The third kappa shape index (κ3) is 4.37. The molecule has 1 aliphatic rings. The molecule has 1 aromatic carbocycles. The number of rotatable bonds is 5. The van der Waals surface area contributed by atoms with Crippen LogP contribution < -0.4 is 5.32 Å². The van der Waals surface area contributed by atoms with Gasteiger partial charge in [0.2, 0.25) is 5.91 Å². The number of nitrogens with zero attached hydrogens (tertiary/aromatic N) is 3. The zero-order valence-electron chi connectivity index (χ0n) is 16.9. The summed E-state index contributed by atoms with van der Waals surface area (Å²) in [6.07, 6.45) is 3.54. The Morgan fingerprint density at radius 2 is 2.00 bits per heavy atom. The van der Waals surface area contributed by atoms with Crippen LogP contribution in [0.1, 0.15) is 45.6 Å². The average Bonchev–Trinajstić information content (AvgIpc) is 3.00. The number of thioether (sulfide) groups is 1. The summed E-state index contributed by atoms with van der Waals surface area (Å²) in [4.78, 5) is 12.7. The SMILES string of the molecule is Cc1ccccc1-c1nnc(S[C@@H](C)C(=O)N[C@@H]2CCC[C@H](C)[C@@H]2C)n1C. The Bertz CT molecular complexity index is 803. The molecular weight excluding hydrogens is 356 g/mol. The molecule has 0 spiro atoms. The fourth-order valence-electron chi connectivity index (χ4n) is 3.77. The van der Waals surface area contributed by atoms with Crippen LogP contribution in [0.2, 0.25) is 0 Å². The third-order valence-electron chi connectivity index (χ3n) is 5.91. The number of hydrogen-bond acceptors (Lipinski definition) is 4. The first-order valence-electron chi connectivity index (χ1n) is 9.81. The van der Waals surface area contributed by atoms with Crippen molar-refractivity contribution in [2.75, 3.05) is 0 Å². The number of nitrogens with one attached hydrogen (secondary N) is 1. The van der Waals surface area contributed by atoms with Gasteiger partial charge in [0.1, 0.15) is 0 Å². The Hall–Kier alpha value is -1.82. The van der Waals surface area contributed by atoms with E-state index >= 15 is 0 Å². The van der Waals surface area contributed by atoms with E-state index in [2.05, 4.69) is 48.4 Å². The maximum atomic E-state index is 12.7. The van der Waals surface area contributed by atoms with E-state index in [0.717, 1.165) is 28.5 Å². The zero-order valence-corrected chi connectivity index (χ0v) is 17.7. The first kappa shape index (κ1) is 19.9. The van der Waals surface area contributed by atoms with Crippen LogP contribution in [0.5, 0.6) is 0 Å². The van der Waals surface area contributed by atoms with Crippen molar-refractivity contribution in [2.24, 2.45) is 18.9 Å². The van der Waals surface area contributed by atoms with Gasteiger partial charge in [0.05, 0.1) is 5.25 Å². The molecule has 1 aromatic heterocycles. The van der Waals surface area contributed by atoms with Crippen molar-refractivity contribution in [3.8, 4) is 11.4 Å². The second-order valence-electron chi connectivity index (χ2n) is 7.82. The number of hydrogen-bond donors (Lipinski definition) is 1. The first-order valence-corrected chi connectivity index (χ1v) is 10.7. The lowest BCUT2D eigenvalue weighted by molar-refractivity contribution is -0.121. The normalized spacial score (nSPS) is 23.8. The minimum absolute atomic E-state index is 0.0893. The van der Waals surface area contributed by atoms with E-state index in [4.69, 9.17) is 0 Å². The summed E-state index contributed by atoms with van der Waals surface area (Å²) < 4.78 is 1.97. The molecule has 0 bridgehead atoms. The van der Waals surface area contributed by atoms with Crippen LogP contribution >= 0.6 is 11.8 Å². The molecule has 1 aliphatic carbocycles. The van der Waals surface area contributed by atoms with Gasteiger partial charge in [-0.15, -0.1) is 10.2 Å². The van der Waals surface area contributed by atoms with Gasteiger partial charge in [-0.25, -0.2) is 0 Å². The Morgan fingerprint density at radius 3 is 2.74 bits per heavy atom. The molecule has 4 atom stereocenters. The van der Waals surface area contributed by atoms with Gasteiger partial charge in [-0.1, -0.05) is 62.7 Å². The molecule has 1 heterocycles. The molecule has 0 radical (unpaired) electrons. The third-order valence-corrected chi connectivity index (χ3v) is 7.04. The number of carbonyl (C=O) groups is 1. The standard InChI is InChI=1S/C21H30N4OS/c1-13-10-8-12-18(15(13)3)22-20(26)16(4)27-21-24-23-19(25(21)5)17-11-7-6-9-14(17)2/h6-7,9,11,13,15-16,18H,8,10,12H2,1-5H3,(H,22,26)/t13-,15-,16-,18+/m0/s1. The molecule has 0 saturated heterocycles. The Balaban J connectivity index is 1.67. The van der Waals surface area contributed by atoms with Gasteiger partial charge in [-0.2, -0.15) is 0 Å². The van der Waals surface area contributed by atoms with Crippen molar-refractivity contribution < 1.29 is 4.79 Å². The summed E-state index contributed by atoms with van der Waals surface area (Å²) >= 11 is 1.47. The van der Waals surface area contributed by atoms with Gasteiger partial charge in [0.25, 0.3) is 0 Å². The minimum atomic E-state index is -0.206. The molecule has 146 valence electrons. The zero-order chi connectivity index (χ0) is 19.6. The van der Waals surface area contributed by atoms with Crippen molar-refractivity contribution in [3.63, 3.8) is 0 Å². The van der Waals surface area contributed by atoms with Crippen molar-refractivity contribution in [2.45, 2.75) is 63.4 Å². The molecule has 0 unspecified atom stereocenters. The van der Waals surface area contributed by atoms with Gasteiger partial charge in [-0.3, -0.25) is 4.79 Å². The fourth-order valence-corrected chi connectivity index (χ4v) is 4.60. The summed E-state index contributed by atoms with van der Waals surface area (Å²) in [7, 11) is 1.96. The quantitative estimate of drug-likeness (QED) is 0.782. The first-order chi connectivity index (χ1) is 12.9. The van der Waals surface area contributed by atoms with Crippen molar-refractivity contribution in [1.82, 2.24) is 20.1 Å². The van der Waals surface area contributed by atoms with Crippen molar-refractivity contribution in [1.29, 1.82) is 0 Å². The van der Waals surface area contributed by atoms with E-state index in [1.807, 2.05) is 30.7 Å². The summed E-state index contributed by atoms with van der Waals surface area (Å²) in [5, 5.41) is 12.5. The summed E-state index contributed by atoms with van der Waals surface area (Å²) in [6.45, 7) is 8.55. The van der Waals surface area contributed by atoms with E-state index in [1.54, 1.807) is 0 Å². The molecule has 6 heteroatoms. The minimum Gasteiger partial charge on any atom is -0.352 e. The molecule has 0 aliphatic heterocycles. The van der Waals surface area contributed by atoms with Crippen LogP contribution in [0.15, 0.2) is 29.4 Å². The topological polar surface area (TPSA) is 59.8 Å². The summed E-state index contributed by atoms with van der Waals surface area (Å²) in [6, 6.07) is 8.43. The maximum Gasteiger partial charge on any atom is 0.233 e. The second kappa shape index (κ2) is 8.46. The number of aryl methyl sites for hydroxylation is 1. The molecule has 27 heavy (non-hydrogen) atoms. The lowest BCUT2D eigenvalue weighted by Gasteiger charge is -2.35. The molecular formula is C21H30N4OS. The largest absolute Gasteiger partial charge is 0.352 e. The van der Waals surface area contributed by atoms with Crippen LogP contribution in [-0.2, 0) is 11.8 Å². The van der Waals surface area contributed by atoms with Crippen LogP contribution in [0.3, 0.4) is 0 Å². The molecule has 1 saturated carbocycles. The second-order valence-corrected chi connectivity index (χ2v) is 9.13. The highest BCUT2D eigenvalue weighted by Gasteiger charge is 2.30. The highest BCUT2D eigenvalue weighted by atomic mass is 32.2. The molecule has 1 fully saturated rings. The molecule has 5 nitrogen and oxygen atoms in total. The van der Waals surface area contributed by atoms with Gasteiger partial charge >= 0.3 is 0 Å².